The molecule has 0 aliphatic carbocycles. The Morgan fingerprint density at radius 3 is 2.55 bits per heavy atom. The topological polar surface area (TPSA) is 32.3 Å². The van der Waals surface area contributed by atoms with Crippen molar-refractivity contribution in [2.45, 2.75) is 27.3 Å². The first-order valence-electron chi connectivity index (χ1n) is 6.59. The lowest BCUT2D eigenvalue weighted by atomic mass is 10.1. The number of nitrogens with one attached hydrogen (secondary N) is 1. The van der Waals surface area contributed by atoms with E-state index in [-0.39, 0.29) is 6.03 Å². The second-order valence-corrected chi connectivity index (χ2v) is 6.13. The van der Waals surface area contributed by atoms with Gasteiger partial charge in [-0.2, -0.15) is 0 Å². The van der Waals surface area contributed by atoms with Crippen molar-refractivity contribution in [2.24, 2.45) is 0 Å². The van der Waals surface area contributed by atoms with Gasteiger partial charge in [0.1, 0.15) is 0 Å². The second kappa shape index (κ2) is 6.09. The fraction of sp³-hybridized carbons (Fsp3) is 0.312. The van der Waals surface area contributed by atoms with Crippen molar-refractivity contribution in [2.75, 3.05) is 12.4 Å². The quantitative estimate of drug-likeness (QED) is 0.895. The molecule has 3 nitrogen and oxygen atoms in total. The number of rotatable bonds is 3. The molecule has 1 aromatic carbocycles. The van der Waals surface area contributed by atoms with E-state index in [1.165, 1.54) is 16.0 Å². The largest absolute Gasteiger partial charge is 0.322 e. The standard InChI is InChI=1S/C16H20N2OS/c1-11-5-6-14(13(3)9-11)17-16(19)18(4)10-15-12(2)7-8-20-15/h5-9H,10H2,1-4H3,(H,17,19). The van der Waals surface area contributed by atoms with E-state index in [9.17, 15) is 4.79 Å². The van der Waals surface area contributed by atoms with Crippen LogP contribution in [0.4, 0.5) is 10.5 Å². The zero-order valence-corrected chi connectivity index (χ0v) is 13.2. The highest BCUT2D eigenvalue weighted by Crippen LogP contribution is 2.19. The van der Waals surface area contributed by atoms with Crippen LogP contribution in [0.25, 0.3) is 0 Å². The van der Waals surface area contributed by atoms with E-state index in [1.807, 2.05) is 33.0 Å². The molecule has 0 unspecified atom stereocenters. The highest BCUT2D eigenvalue weighted by molar-refractivity contribution is 7.10. The van der Waals surface area contributed by atoms with Gasteiger partial charge in [0.15, 0.2) is 0 Å². The maximum atomic E-state index is 12.2. The monoisotopic (exact) mass is 288 g/mol. The van der Waals surface area contributed by atoms with Crippen molar-refractivity contribution in [1.29, 1.82) is 0 Å². The normalized spacial score (nSPS) is 10.4. The van der Waals surface area contributed by atoms with E-state index in [0.29, 0.717) is 6.54 Å². The molecule has 2 aromatic rings. The zero-order valence-electron chi connectivity index (χ0n) is 12.4. The average Bonchev–Trinajstić information content (AvgIpc) is 2.78. The molecule has 0 aliphatic rings. The van der Waals surface area contributed by atoms with Gasteiger partial charge in [0.25, 0.3) is 0 Å². The molecule has 2 amide bonds. The maximum Gasteiger partial charge on any atom is 0.321 e. The van der Waals surface area contributed by atoms with Gasteiger partial charge in [-0.05, 0) is 49.4 Å². The maximum absolute atomic E-state index is 12.2. The summed E-state index contributed by atoms with van der Waals surface area (Å²) < 4.78 is 0. The molecular weight excluding hydrogens is 268 g/mol. The first-order chi connectivity index (χ1) is 9.47. The summed E-state index contributed by atoms with van der Waals surface area (Å²) in [5, 5.41) is 5.02. The Bertz CT molecular complexity index is 619. The van der Waals surface area contributed by atoms with Crippen molar-refractivity contribution < 1.29 is 4.79 Å². The average molecular weight is 288 g/mol. The Morgan fingerprint density at radius 2 is 1.95 bits per heavy atom. The lowest BCUT2D eigenvalue weighted by Crippen LogP contribution is -2.31. The predicted molar refractivity (Wildman–Crippen MR) is 85.5 cm³/mol. The van der Waals surface area contributed by atoms with Crippen molar-refractivity contribution >= 4 is 23.1 Å². The number of thiophene rings is 1. The van der Waals surface area contributed by atoms with Gasteiger partial charge in [0.2, 0.25) is 0 Å². The van der Waals surface area contributed by atoms with E-state index in [2.05, 4.69) is 29.8 Å². The molecular formula is C16H20N2OS. The molecule has 0 atom stereocenters. The molecule has 20 heavy (non-hydrogen) atoms. The molecule has 106 valence electrons. The summed E-state index contributed by atoms with van der Waals surface area (Å²) in [6.07, 6.45) is 0. The van der Waals surface area contributed by atoms with Gasteiger partial charge in [-0.3, -0.25) is 0 Å². The lowest BCUT2D eigenvalue weighted by molar-refractivity contribution is 0.221. The van der Waals surface area contributed by atoms with E-state index >= 15 is 0 Å². The number of benzene rings is 1. The summed E-state index contributed by atoms with van der Waals surface area (Å²) in [6.45, 7) is 6.76. The first-order valence-corrected chi connectivity index (χ1v) is 7.47. The highest BCUT2D eigenvalue weighted by Gasteiger charge is 2.12. The SMILES string of the molecule is Cc1ccc(NC(=O)N(C)Cc2sccc2C)c(C)c1. The van der Waals surface area contributed by atoms with Gasteiger partial charge in [-0.25, -0.2) is 4.79 Å². The Labute approximate surface area is 124 Å². The fourth-order valence-electron chi connectivity index (χ4n) is 2.02. The number of aryl methyl sites for hydroxylation is 3. The molecule has 0 saturated carbocycles. The van der Waals surface area contributed by atoms with Gasteiger partial charge in [0.05, 0.1) is 6.54 Å². The van der Waals surface area contributed by atoms with Gasteiger partial charge >= 0.3 is 6.03 Å². The third-order valence-corrected chi connectivity index (χ3v) is 4.33. The molecule has 1 aromatic heterocycles. The minimum Gasteiger partial charge on any atom is -0.322 e. The summed E-state index contributed by atoms with van der Waals surface area (Å²) >= 11 is 1.69. The van der Waals surface area contributed by atoms with Crippen LogP contribution in [0.3, 0.4) is 0 Å². The lowest BCUT2D eigenvalue weighted by Gasteiger charge is -2.18. The van der Waals surface area contributed by atoms with E-state index in [0.717, 1.165) is 11.3 Å². The third kappa shape index (κ3) is 3.39. The van der Waals surface area contributed by atoms with Crippen molar-refractivity contribution in [3.05, 3.63) is 51.2 Å². The van der Waals surface area contributed by atoms with Crippen LogP contribution in [0.5, 0.6) is 0 Å². The minimum absolute atomic E-state index is 0.0789. The van der Waals surface area contributed by atoms with Crippen molar-refractivity contribution in [3.63, 3.8) is 0 Å². The number of hydrogen-bond acceptors (Lipinski definition) is 2. The second-order valence-electron chi connectivity index (χ2n) is 5.13. The Hall–Kier alpha value is -1.81. The van der Waals surface area contributed by atoms with Gasteiger partial charge in [-0.15, -0.1) is 11.3 Å². The van der Waals surface area contributed by atoms with Crippen LogP contribution in [0.1, 0.15) is 21.6 Å². The number of carbonyl (C=O) groups excluding carboxylic acids is 1. The molecule has 0 bridgehead atoms. The number of anilines is 1. The summed E-state index contributed by atoms with van der Waals surface area (Å²) in [4.78, 5) is 15.1. The third-order valence-electron chi connectivity index (χ3n) is 3.32. The van der Waals surface area contributed by atoms with Crippen LogP contribution in [0.15, 0.2) is 29.6 Å². The molecule has 0 saturated heterocycles. The minimum atomic E-state index is -0.0789. The predicted octanol–water partition coefficient (Wildman–Crippen LogP) is 4.34. The Balaban J connectivity index is 2.02. The van der Waals surface area contributed by atoms with Crippen LogP contribution in [-0.2, 0) is 6.54 Å². The van der Waals surface area contributed by atoms with Crippen LogP contribution < -0.4 is 5.32 Å². The highest BCUT2D eigenvalue weighted by atomic mass is 32.1. The molecule has 0 radical (unpaired) electrons. The van der Waals surface area contributed by atoms with Crippen LogP contribution >= 0.6 is 11.3 Å². The van der Waals surface area contributed by atoms with Gasteiger partial charge < -0.3 is 10.2 Å². The zero-order chi connectivity index (χ0) is 14.7. The molecule has 0 fully saturated rings. The summed E-state index contributed by atoms with van der Waals surface area (Å²) in [5.41, 5.74) is 4.39. The smallest absolute Gasteiger partial charge is 0.321 e. The first kappa shape index (κ1) is 14.6. The Kier molecular flexibility index (Phi) is 4.45. The molecule has 0 aliphatic heterocycles. The summed E-state index contributed by atoms with van der Waals surface area (Å²) in [5.74, 6) is 0. The van der Waals surface area contributed by atoms with Gasteiger partial charge in [-0.1, -0.05) is 17.7 Å². The fourth-order valence-corrected chi connectivity index (χ4v) is 2.98. The molecule has 0 spiro atoms. The Morgan fingerprint density at radius 1 is 1.20 bits per heavy atom. The van der Waals surface area contributed by atoms with Crippen molar-refractivity contribution in [3.8, 4) is 0 Å². The van der Waals surface area contributed by atoms with Crippen LogP contribution in [0, 0.1) is 20.8 Å². The summed E-state index contributed by atoms with van der Waals surface area (Å²) in [6, 6.07) is 8.03. The van der Waals surface area contributed by atoms with E-state index < -0.39 is 0 Å². The number of carbonyl (C=O) groups is 1. The van der Waals surface area contributed by atoms with Crippen LogP contribution in [-0.4, -0.2) is 18.0 Å². The number of nitrogens with zero attached hydrogens (tertiary/aromatic N) is 1. The number of amides is 2. The van der Waals surface area contributed by atoms with Gasteiger partial charge in [0, 0.05) is 17.6 Å². The van der Waals surface area contributed by atoms with Crippen molar-refractivity contribution in [1.82, 2.24) is 4.90 Å². The molecule has 4 heteroatoms. The summed E-state index contributed by atoms with van der Waals surface area (Å²) in [7, 11) is 1.82. The molecule has 1 heterocycles. The number of hydrogen-bond donors (Lipinski definition) is 1. The molecule has 1 N–H and O–H groups in total. The number of urea groups is 1. The molecule has 2 rings (SSSR count). The van der Waals surface area contributed by atoms with Crippen LogP contribution in [0.2, 0.25) is 0 Å². The van der Waals surface area contributed by atoms with E-state index in [1.54, 1.807) is 16.2 Å². The van der Waals surface area contributed by atoms with E-state index in [4.69, 9.17) is 0 Å².